The summed E-state index contributed by atoms with van der Waals surface area (Å²) in [5, 5.41) is 0. The van der Waals surface area contributed by atoms with Gasteiger partial charge in [-0.1, -0.05) is 30.3 Å². The van der Waals surface area contributed by atoms with Crippen LogP contribution in [0.4, 0.5) is 4.39 Å². The number of halogens is 1. The minimum atomic E-state index is -1.78. The molecule has 0 spiro atoms. The van der Waals surface area contributed by atoms with Crippen LogP contribution in [0.3, 0.4) is 0 Å². The van der Waals surface area contributed by atoms with Crippen LogP contribution in [0.1, 0.15) is 26.3 Å². The maximum absolute atomic E-state index is 14.7. The molecule has 1 heterocycles. The van der Waals surface area contributed by atoms with E-state index in [1.54, 1.807) is 6.92 Å². The molecule has 0 radical (unpaired) electrons. The van der Waals surface area contributed by atoms with Crippen LogP contribution in [0.25, 0.3) is 0 Å². The summed E-state index contributed by atoms with van der Waals surface area (Å²) in [6, 6.07) is 9.22. The molecule has 0 bridgehead atoms. The van der Waals surface area contributed by atoms with Crippen LogP contribution in [-0.2, 0) is 35.1 Å². The highest BCUT2D eigenvalue weighted by Crippen LogP contribution is 2.29. The molecular formula is C17H21FO6. The molecule has 132 valence electrons. The molecule has 1 saturated heterocycles. The van der Waals surface area contributed by atoms with E-state index in [0.29, 0.717) is 0 Å². The molecule has 0 saturated carbocycles. The van der Waals surface area contributed by atoms with E-state index < -0.39 is 42.7 Å². The van der Waals surface area contributed by atoms with Gasteiger partial charge >= 0.3 is 11.9 Å². The zero-order chi connectivity index (χ0) is 17.7. The summed E-state index contributed by atoms with van der Waals surface area (Å²) in [6.45, 7) is 4.11. The Morgan fingerprint density at radius 1 is 1.08 bits per heavy atom. The van der Waals surface area contributed by atoms with Gasteiger partial charge in [-0.05, 0) is 12.5 Å². The molecule has 24 heavy (non-hydrogen) atoms. The molecule has 1 aromatic carbocycles. The SMILES string of the molecule is CC(=O)O[C@H]1[C@H](F)[C@H](OCc2ccccc2)O[C@@H](C)[C@H]1OC(C)=O. The van der Waals surface area contributed by atoms with E-state index in [2.05, 4.69) is 0 Å². The molecule has 7 heteroatoms. The summed E-state index contributed by atoms with van der Waals surface area (Å²) in [5.74, 6) is -1.28. The first kappa shape index (κ1) is 18.4. The van der Waals surface area contributed by atoms with Crippen LogP contribution in [0.15, 0.2) is 30.3 Å². The lowest BCUT2D eigenvalue weighted by Crippen LogP contribution is -2.58. The number of hydrogen-bond acceptors (Lipinski definition) is 6. The van der Waals surface area contributed by atoms with Gasteiger partial charge in [0.25, 0.3) is 0 Å². The number of ether oxygens (including phenoxy) is 4. The Morgan fingerprint density at radius 2 is 1.67 bits per heavy atom. The largest absolute Gasteiger partial charge is 0.456 e. The van der Waals surface area contributed by atoms with E-state index in [4.69, 9.17) is 18.9 Å². The Morgan fingerprint density at radius 3 is 2.25 bits per heavy atom. The van der Waals surface area contributed by atoms with Crippen molar-refractivity contribution in [1.82, 2.24) is 0 Å². The van der Waals surface area contributed by atoms with E-state index in [1.165, 1.54) is 6.92 Å². The molecule has 0 amide bonds. The third kappa shape index (κ3) is 4.75. The summed E-state index contributed by atoms with van der Waals surface area (Å²) < 4.78 is 35.8. The fourth-order valence-corrected chi connectivity index (χ4v) is 2.53. The highest BCUT2D eigenvalue weighted by molar-refractivity contribution is 5.67. The lowest BCUT2D eigenvalue weighted by Gasteiger charge is -2.41. The van der Waals surface area contributed by atoms with Crippen LogP contribution in [-0.4, -0.2) is 42.7 Å². The molecule has 5 atom stereocenters. The molecule has 6 nitrogen and oxygen atoms in total. The summed E-state index contributed by atoms with van der Waals surface area (Å²) in [5.41, 5.74) is 0.854. The Labute approximate surface area is 139 Å². The second-order valence-corrected chi connectivity index (χ2v) is 5.60. The second kappa shape index (κ2) is 8.21. The van der Waals surface area contributed by atoms with Gasteiger partial charge in [-0.3, -0.25) is 9.59 Å². The summed E-state index contributed by atoms with van der Waals surface area (Å²) in [6.07, 6.45) is -6.01. The van der Waals surface area contributed by atoms with Crippen molar-refractivity contribution in [3.05, 3.63) is 35.9 Å². The Kier molecular flexibility index (Phi) is 6.28. The number of rotatable bonds is 5. The zero-order valence-electron chi connectivity index (χ0n) is 13.8. The third-order valence-electron chi connectivity index (χ3n) is 3.57. The molecular weight excluding hydrogens is 319 g/mol. The van der Waals surface area contributed by atoms with Crippen molar-refractivity contribution in [3.63, 3.8) is 0 Å². The van der Waals surface area contributed by atoms with Crippen LogP contribution in [0, 0.1) is 0 Å². The minimum Gasteiger partial charge on any atom is -0.456 e. The fourth-order valence-electron chi connectivity index (χ4n) is 2.53. The molecule has 2 rings (SSSR count). The van der Waals surface area contributed by atoms with Crippen LogP contribution >= 0.6 is 0 Å². The third-order valence-corrected chi connectivity index (χ3v) is 3.57. The lowest BCUT2D eigenvalue weighted by molar-refractivity contribution is -0.286. The standard InChI is InChI=1S/C17H21FO6/c1-10-15(23-11(2)19)16(24-12(3)20)14(18)17(22-10)21-9-13-7-5-4-6-8-13/h4-8,10,14-17H,9H2,1-3H3/t10-,14-,15+,16-,17+/m0/s1. The van der Waals surface area contributed by atoms with Crippen molar-refractivity contribution in [1.29, 1.82) is 0 Å². The van der Waals surface area contributed by atoms with Gasteiger partial charge in [0.1, 0.15) is 0 Å². The van der Waals surface area contributed by atoms with E-state index in [9.17, 15) is 14.0 Å². The summed E-state index contributed by atoms with van der Waals surface area (Å²) in [7, 11) is 0. The van der Waals surface area contributed by atoms with Crippen molar-refractivity contribution in [2.45, 2.75) is 58.2 Å². The first-order valence-corrected chi connectivity index (χ1v) is 7.68. The topological polar surface area (TPSA) is 71.1 Å². The molecule has 1 aromatic rings. The van der Waals surface area contributed by atoms with Gasteiger partial charge in [0, 0.05) is 13.8 Å². The number of alkyl halides is 1. The van der Waals surface area contributed by atoms with Crippen LogP contribution < -0.4 is 0 Å². The number of carbonyl (C=O) groups excluding carboxylic acids is 2. The van der Waals surface area contributed by atoms with Gasteiger partial charge in [0.05, 0.1) is 12.7 Å². The summed E-state index contributed by atoms with van der Waals surface area (Å²) in [4.78, 5) is 22.5. The number of esters is 2. The van der Waals surface area contributed by atoms with Gasteiger partial charge in [-0.25, -0.2) is 4.39 Å². The van der Waals surface area contributed by atoms with E-state index in [1.807, 2.05) is 30.3 Å². The van der Waals surface area contributed by atoms with E-state index >= 15 is 0 Å². The van der Waals surface area contributed by atoms with Crippen molar-refractivity contribution < 1.29 is 32.9 Å². The van der Waals surface area contributed by atoms with Gasteiger partial charge in [-0.2, -0.15) is 0 Å². The zero-order valence-corrected chi connectivity index (χ0v) is 13.8. The van der Waals surface area contributed by atoms with Gasteiger partial charge < -0.3 is 18.9 Å². The molecule has 1 fully saturated rings. The predicted octanol–water partition coefficient (Wildman–Crippen LogP) is 2.15. The van der Waals surface area contributed by atoms with Crippen LogP contribution in [0.2, 0.25) is 0 Å². The highest BCUT2D eigenvalue weighted by atomic mass is 19.1. The van der Waals surface area contributed by atoms with Crippen molar-refractivity contribution in [3.8, 4) is 0 Å². The molecule has 0 aromatic heterocycles. The fraction of sp³-hybridized carbons (Fsp3) is 0.529. The number of benzene rings is 1. The Hall–Kier alpha value is -1.99. The smallest absolute Gasteiger partial charge is 0.303 e. The monoisotopic (exact) mass is 340 g/mol. The summed E-state index contributed by atoms with van der Waals surface area (Å²) >= 11 is 0. The minimum absolute atomic E-state index is 0.143. The normalized spacial score (nSPS) is 29.8. The first-order valence-electron chi connectivity index (χ1n) is 7.68. The first-order chi connectivity index (χ1) is 11.4. The predicted molar refractivity (Wildman–Crippen MR) is 81.6 cm³/mol. The van der Waals surface area contributed by atoms with Crippen LogP contribution in [0.5, 0.6) is 0 Å². The Bertz CT molecular complexity index is 563. The maximum atomic E-state index is 14.7. The van der Waals surface area contributed by atoms with Gasteiger partial charge in [0.2, 0.25) is 0 Å². The maximum Gasteiger partial charge on any atom is 0.303 e. The Balaban J connectivity index is 2.08. The molecule has 1 aliphatic rings. The van der Waals surface area contributed by atoms with Crippen molar-refractivity contribution in [2.75, 3.05) is 0 Å². The average Bonchev–Trinajstić information content (AvgIpc) is 2.53. The molecule has 1 aliphatic heterocycles. The quantitative estimate of drug-likeness (QED) is 0.765. The van der Waals surface area contributed by atoms with Gasteiger partial charge in [-0.15, -0.1) is 0 Å². The number of hydrogen-bond donors (Lipinski definition) is 0. The lowest BCUT2D eigenvalue weighted by atomic mass is 10.00. The molecule has 0 N–H and O–H groups in total. The van der Waals surface area contributed by atoms with Gasteiger partial charge in [0.15, 0.2) is 24.7 Å². The van der Waals surface area contributed by atoms with E-state index in [0.717, 1.165) is 12.5 Å². The number of carbonyl (C=O) groups is 2. The average molecular weight is 340 g/mol. The second-order valence-electron chi connectivity index (χ2n) is 5.60. The van der Waals surface area contributed by atoms with E-state index in [-0.39, 0.29) is 6.61 Å². The van der Waals surface area contributed by atoms with Crippen molar-refractivity contribution in [2.24, 2.45) is 0 Å². The highest BCUT2D eigenvalue weighted by Gasteiger charge is 2.49. The molecule has 0 unspecified atom stereocenters. The van der Waals surface area contributed by atoms with Crippen molar-refractivity contribution >= 4 is 11.9 Å². The molecule has 0 aliphatic carbocycles.